The van der Waals surface area contributed by atoms with E-state index in [1.54, 1.807) is 7.11 Å². The van der Waals surface area contributed by atoms with Crippen molar-refractivity contribution in [2.24, 2.45) is 0 Å². The van der Waals surface area contributed by atoms with E-state index in [1.165, 1.54) is 42.9 Å². The summed E-state index contributed by atoms with van der Waals surface area (Å²) in [5.41, 5.74) is 5.33. The van der Waals surface area contributed by atoms with Crippen LogP contribution in [-0.2, 0) is 23.2 Å². The third-order valence-electron chi connectivity index (χ3n) is 7.92. The molecule has 0 aliphatic carbocycles. The van der Waals surface area contributed by atoms with E-state index < -0.39 is 5.54 Å². The molecule has 3 N–H and O–H groups in total. The van der Waals surface area contributed by atoms with Gasteiger partial charge in [-0.05, 0) is 97.8 Å². The fourth-order valence-electron chi connectivity index (χ4n) is 5.95. The molecule has 3 aromatic carbocycles. The number of hydrogen-bond acceptors (Lipinski definition) is 5. The second-order valence-corrected chi connectivity index (χ2v) is 10.6. The van der Waals surface area contributed by atoms with Gasteiger partial charge in [-0.2, -0.15) is 0 Å². The number of amides is 1. The number of ether oxygens (including phenoxy) is 2. The molecule has 2 heterocycles. The molecule has 3 atom stereocenters. The molecule has 2 aliphatic heterocycles. The van der Waals surface area contributed by atoms with Crippen LogP contribution in [0.5, 0.6) is 11.5 Å². The molecule has 1 fully saturated rings. The summed E-state index contributed by atoms with van der Waals surface area (Å²) < 4.78 is 11.8. The zero-order chi connectivity index (χ0) is 26.5. The second kappa shape index (κ2) is 11.6. The summed E-state index contributed by atoms with van der Waals surface area (Å²) in [6, 6.07) is 23.6. The maximum Gasteiger partial charge on any atom is 0.221 e. The summed E-state index contributed by atoms with van der Waals surface area (Å²) in [7, 11) is 1.71. The Hall–Kier alpha value is -3.35. The summed E-state index contributed by atoms with van der Waals surface area (Å²) in [5.74, 6) is 1.71. The van der Waals surface area contributed by atoms with Crippen molar-refractivity contribution in [3.8, 4) is 11.5 Å². The number of nitrogens with one attached hydrogen (secondary N) is 3. The normalized spacial score (nSPS) is 21.7. The minimum atomic E-state index is -0.406. The monoisotopic (exact) mass is 513 g/mol. The van der Waals surface area contributed by atoms with Crippen molar-refractivity contribution in [1.29, 1.82) is 0 Å². The van der Waals surface area contributed by atoms with Gasteiger partial charge in [0, 0.05) is 25.2 Å². The first kappa shape index (κ1) is 26.3. The fourth-order valence-corrected chi connectivity index (χ4v) is 5.95. The number of piperidine rings is 1. The second-order valence-electron chi connectivity index (χ2n) is 10.6. The quantitative estimate of drug-likeness (QED) is 0.387. The molecule has 0 aromatic heterocycles. The zero-order valence-corrected chi connectivity index (χ0v) is 22.7. The molecule has 6 nitrogen and oxygen atoms in total. The van der Waals surface area contributed by atoms with Crippen molar-refractivity contribution in [2.75, 3.05) is 25.5 Å². The molecule has 38 heavy (non-hydrogen) atoms. The van der Waals surface area contributed by atoms with E-state index in [9.17, 15) is 4.79 Å². The lowest BCUT2D eigenvalue weighted by atomic mass is 9.73. The van der Waals surface area contributed by atoms with Gasteiger partial charge < -0.3 is 25.4 Å². The predicted octanol–water partition coefficient (Wildman–Crippen LogP) is 5.20. The van der Waals surface area contributed by atoms with Gasteiger partial charge in [0.1, 0.15) is 17.6 Å². The van der Waals surface area contributed by atoms with Crippen LogP contribution in [0, 0.1) is 0 Å². The van der Waals surface area contributed by atoms with Crippen molar-refractivity contribution in [3.05, 3.63) is 89.0 Å². The minimum absolute atomic E-state index is 0.0726. The summed E-state index contributed by atoms with van der Waals surface area (Å²) in [4.78, 5) is 11.6. The molecular formula is C32H39N3O3. The first-order valence-electron chi connectivity index (χ1n) is 13.8. The van der Waals surface area contributed by atoms with Crippen molar-refractivity contribution < 1.29 is 14.3 Å². The maximum atomic E-state index is 11.6. The molecule has 3 aromatic rings. The number of carbonyl (C=O) groups is 1. The van der Waals surface area contributed by atoms with E-state index in [2.05, 4.69) is 71.4 Å². The van der Waals surface area contributed by atoms with Gasteiger partial charge in [0.25, 0.3) is 0 Å². The standard InChI is InChI=1S/C32H39N3O3/c1-22(31-6-4-5-18-33-31)38-28-13-7-24(8-14-28)21-32(26-9-11-27(12-10-26)35-23(2)36)30-16-15-29(37-3)20-25(30)17-19-34-32/h7-16,20,22,31,33-34H,4-6,17-19,21H2,1-3H3,(H,35,36). The highest BCUT2D eigenvalue weighted by molar-refractivity contribution is 5.88. The summed E-state index contributed by atoms with van der Waals surface area (Å²) in [6.45, 7) is 5.63. The molecule has 1 saturated heterocycles. The van der Waals surface area contributed by atoms with Crippen molar-refractivity contribution in [3.63, 3.8) is 0 Å². The first-order valence-corrected chi connectivity index (χ1v) is 13.8. The van der Waals surface area contributed by atoms with Crippen molar-refractivity contribution in [2.45, 2.75) is 63.6 Å². The van der Waals surface area contributed by atoms with Gasteiger partial charge in [-0.3, -0.25) is 4.79 Å². The predicted molar refractivity (Wildman–Crippen MR) is 152 cm³/mol. The van der Waals surface area contributed by atoms with E-state index in [4.69, 9.17) is 9.47 Å². The fraction of sp³-hybridized carbons (Fsp3) is 0.406. The van der Waals surface area contributed by atoms with Crippen LogP contribution in [0.1, 0.15) is 55.4 Å². The Morgan fingerprint density at radius 2 is 1.79 bits per heavy atom. The van der Waals surface area contributed by atoms with E-state index in [-0.39, 0.29) is 12.0 Å². The number of hydrogen-bond donors (Lipinski definition) is 3. The molecule has 1 amide bonds. The van der Waals surface area contributed by atoms with Crippen LogP contribution in [0.4, 0.5) is 5.69 Å². The largest absolute Gasteiger partial charge is 0.497 e. The molecule has 5 rings (SSSR count). The third kappa shape index (κ3) is 5.71. The molecule has 0 bridgehead atoms. The van der Waals surface area contributed by atoms with Crippen molar-refractivity contribution >= 4 is 11.6 Å². The Bertz CT molecular complexity index is 1240. The number of rotatable bonds is 8. The highest BCUT2D eigenvalue weighted by atomic mass is 16.5. The Morgan fingerprint density at radius 3 is 2.47 bits per heavy atom. The van der Waals surface area contributed by atoms with Crippen LogP contribution in [0.2, 0.25) is 0 Å². The summed E-state index contributed by atoms with van der Waals surface area (Å²) in [5, 5.41) is 10.4. The lowest BCUT2D eigenvalue weighted by molar-refractivity contribution is -0.114. The van der Waals surface area contributed by atoms with Crippen LogP contribution < -0.4 is 25.4 Å². The lowest BCUT2D eigenvalue weighted by Gasteiger charge is -2.41. The molecule has 0 spiro atoms. The number of methoxy groups -OCH3 is 1. The Kier molecular flexibility index (Phi) is 8.01. The molecule has 0 saturated carbocycles. The Labute approximate surface area is 226 Å². The average molecular weight is 514 g/mol. The van der Waals surface area contributed by atoms with E-state index in [0.29, 0.717) is 6.04 Å². The molecule has 3 unspecified atom stereocenters. The Balaban J connectivity index is 1.44. The van der Waals surface area contributed by atoms with Crippen LogP contribution in [0.15, 0.2) is 66.7 Å². The van der Waals surface area contributed by atoms with Gasteiger partial charge >= 0.3 is 0 Å². The zero-order valence-electron chi connectivity index (χ0n) is 22.7. The van der Waals surface area contributed by atoms with Gasteiger partial charge in [-0.15, -0.1) is 0 Å². The molecule has 6 heteroatoms. The molecule has 2 aliphatic rings. The van der Waals surface area contributed by atoms with E-state index in [1.807, 2.05) is 18.2 Å². The summed E-state index contributed by atoms with van der Waals surface area (Å²) in [6.07, 6.45) is 5.54. The highest BCUT2D eigenvalue weighted by Gasteiger charge is 2.38. The molecular weight excluding hydrogens is 474 g/mol. The lowest BCUT2D eigenvalue weighted by Crippen LogP contribution is -2.49. The number of benzene rings is 3. The van der Waals surface area contributed by atoms with E-state index in [0.717, 1.165) is 48.7 Å². The summed E-state index contributed by atoms with van der Waals surface area (Å²) >= 11 is 0. The molecule has 200 valence electrons. The van der Waals surface area contributed by atoms with Gasteiger partial charge in [-0.1, -0.05) is 36.8 Å². The topological polar surface area (TPSA) is 71.6 Å². The van der Waals surface area contributed by atoms with Crippen LogP contribution in [0.3, 0.4) is 0 Å². The third-order valence-corrected chi connectivity index (χ3v) is 7.92. The van der Waals surface area contributed by atoms with Crippen LogP contribution in [-0.4, -0.2) is 38.3 Å². The van der Waals surface area contributed by atoms with Gasteiger partial charge in [0.15, 0.2) is 0 Å². The number of fused-ring (bicyclic) bond motifs is 1. The van der Waals surface area contributed by atoms with E-state index >= 15 is 0 Å². The Morgan fingerprint density at radius 1 is 1.03 bits per heavy atom. The molecule has 0 radical (unpaired) electrons. The first-order chi connectivity index (χ1) is 18.5. The SMILES string of the molecule is COc1ccc2c(c1)CCNC2(Cc1ccc(OC(C)C2CCCCN2)cc1)c1ccc(NC(C)=O)cc1. The number of anilines is 1. The highest BCUT2D eigenvalue weighted by Crippen LogP contribution is 2.40. The average Bonchev–Trinajstić information content (AvgIpc) is 2.94. The van der Waals surface area contributed by atoms with Gasteiger partial charge in [0.2, 0.25) is 5.91 Å². The van der Waals surface area contributed by atoms with Gasteiger partial charge in [0.05, 0.1) is 12.6 Å². The smallest absolute Gasteiger partial charge is 0.221 e. The number of carbonyl (C=O) groups excluding carboxylic acids is 1. The van der Waals surface area contributed by atoms with Crippen molar-refractivity contribution in [1.82, 2.24) is 10.6 Å². The van der Waals surface area contributed by atoms with Gasteiger partial charge in [-0.25, -0.2) is 0 Å². The van der Waals surface area contributed by atoms with Crippen LogP contribution >= 0.6 is 0 Å². The van der Waals surface area contributed by atoms with Crippen LogP contribution in [0.25, 0.3) is 0 Å². The maximum absolute atomic E-state index is 11.6. The minimum Gasteiger partial charge on any atom is -0.497 e.